The van der Waals surface area contributed by atoms with Crippen LogP contribution in [0.15, 0.2) is 36.7 Å². The van der Waals surface area contributed by atoms with Crippen LogP contribution in [0.25, 0.3) is 22.0 Å². The molecule has 0 bridgehead atoms. The molecule has 0 unspecified atom stereocenters. The van der Waals surface area contributed by atoms with Gasteiger partial charge in [-0.15, -0.1) is 10.2 Å². The minimum Gasteiger partial charge on any atom is -0.434 e. The largest absolute Gasteiger partial charge is 0.434 e. The van der Waals surface area contributed by atoms with Gasteiger partial charge in [0.2, 0.25) is 0 Å². The van der Waals surface area contributed by atoms with Crippen molar-refractivity contribution >= 4 is 16.6 Å². The Morgan fingerprint density at radius 2 is 1.80 bits per heavy atom. The number of alkyl halides is 5. The molecule has 3 aromatic rings. The SMILES string of the molecule is Nc1nnc(-c2ccc(C(F)(F)F)cc2OC(F)F)c2ccncc12. The molecular formula is C15H9F5N4O. The molecule has 0 atom stereocenters. The maximum Gasteiger partial charge on any atom is 0.416 e. The number of hydrogen-bond acceptors (Lipinski definition) is 5. The van der Waals surface area contributed by atoms with E-state index < -0.39 is 24.1 Å². The summed E-state index contributed by atoms with van der Waals surface area (Å²) in [7, 11) is 0. The summed E-state index contributed by atoms with van der Waals surface area (Å²) in [5.74, 6) is -0.614. The van der Waals surface area contributed by atoms with Crippen LogP contribution >= 0.6 is 0 Å². The molecule has 5 nitrogen and oxygen atoms in total. The molecule has 0 aliphatic carbocycles. The van der Waals surface area contributed by atoms with E-state index in [0.717, 1.165) is 12.1 Å². The summed E-state index contributed by atoms with van der Waals surface area (Å²) in [6.45, 7) is -3.31. The second kappa shape index (κ2) is 6.11. The van der Waals surface area contributed by atoms with Gasteiger partial charge in [0.15, 0.2) is 5.82 Å². The number of nitrogen functional groups attached to an aromatic ring is 1. The summed E-state index contributed by atoms with van der Waals surface area (Å²) in [5.41, 5.74) is 4.55. The molecule has 3 rings (SSSR count). The fourth-order valence-electron chi connectivity index (χ4n) is 2.30. The van der Waals surface area contributed by atoms with E-state index in [1.54, 1.807) is 0 Å². The number of hydrogen-bond donors (Lipinski definition) is 1. The summed E-state index contributed by atoms with van der Waals surface area (Å²) in [6.07, 6.45) is -1.91. The number of benzene rings is 1. The zero-order chi connectivity index (χ0) is 18.2. The summed E-state index contributed by atoms with van der Waals surface area (Å²) in [6, 6.07) is 3.74. The maximum absolute atomic E-state index is 12.8. The fourth-order valence-corrected chi connectivity index (χ4v) is 2.30. The first kappa shape index (κ1) is 16.8. The lowest BCUT2D eigenvalue weighted by atomic mass is 10.0. The van der Waals surface area contributed by atoms with Gasteiger partial charge in [0.05, 0.1) is 5.56 Å². The molecule has 1 aromatic carbocycles. The second-order valence-corrected chi connectivity index (χ2v) is 4.94. The van der Waals surface area contributed by atoms with Gasteiger partial charge in [-0.2, -0.15) is 22.0 Å². The number of aromatic nitrogens is 3. The van der Waals surface area contributed by atoms with Crippen molar-refractivity contribution in [3.63, 3.8) is 0 Å². The van der Waals surface area contributed by atoms with Crippen molar-refractivity contribution in [3.8, 4) is 17.0 Å². The molecule has 0 saturated heterocycles. The standard InChI is InChI=1S/C15H9F5N4O/c16-14(17)25-11-5-7(15(18,19)20)1-2-9(11)12-8-3-4-22-6-10(8)13(21)24-23-12/h1-6,14H,(H2,21,24). The third-order valence-corrected chi connectivity index (χ3v) is 3.39. The van der Waals surface area contributed by atoms with Crippen molar-refractivity contribution in [2.75, 3.05) is 5.73 Å². The predicted molar refractivity (Wildman–Crippen MR) is 78.8 cm³/mol. The molecular weight excluding hydrogens is 347 g/mol. The lowest BCUT2D eigenvalue weighted by Crippen LogP contribution is -2.09. The Bertz CT molecular complexity index is 929. The molecule has 0 fully saturated rings. The Kier molecular flexibility index (Phi) is 4.11. The maximum atomic E-state index is 12.8. The molecule has 10 heteroatoms. The van der Waals surface area contributed by atoms with E-state index in [1.807, 2.05) is 0 Å². The molecule has 130 valence electrons. The number of pyridine rings is 1. The summed E-state index contributed by atoms with van der Waals surface area (Å²) in [5, 5.41) is 8.30. The van der Waals surface area contributed by atoms with Gasteiger partial charge >= 0.3 is 12.8 Å². The van der Waals surface area contributed by atoms with Gasteiger partial charge in [-0.1, -0.05) is 0 Å². The van der Waals surface area contributed by atoms with Gasteiger partial charge < -0.3 is 10.5 Å². The topological polar surface area (TPSA) is 73.9 Å². The fraction of sp³-hybridized carbons (Fsp3) is 0.133. The zero-order valence-corrected chi connectivity index (χ0v) is 12.3. The highest BCUT2D eigenvalue weighted by molar-refractivity contribution is 5.99. The van der Waals surface area contributed by atoms with Crippen LogP contribution in [0, 0.1) is 0 Å². The first-order chi connectivity index (χ1) is 11.8. The molecule has 0 aliphatic heterocycles. The van der Waals surface area contributed by atoms with Gasteiger partial charge in [0.25, 0.3) is 0 Å². The minimum absolute atomic E-state index is 0.0510. The zero-order valence-electron chi connectivity index (χ0n) is 12.3. The third-order valence-electron chi connectivity index (χ3n) is 3.39. The molecule has 0 aliphatic rings. The van der Waals surface area contributed by atoms with Crippen LogP contribution in [0.1, 0.15) is 5.56 Å². The van der Waals surface area contributed by atoms with Crippen LogP contribution in [-0.2, 0) is 6.18 Å². The van der Waals surface area contributed by atoms with Gasteiger partial charge in [-0.25, -0.2) is 0 Å². The highest BCUT2D eigenvalue weighted by atomic mass is 19.4. The molecule has 0 saturated carbocycles. The lowest BCUT2D eigenvalue weighted by Gasteiger charge is -2.15. The molecule has 0 spiro atoms. The lowest BCUT2D eigenvalue weighted by molar-refractivity contribution is -0.138. The Morgan fingerprint density at radius 1 is 1.04 bits per heavy atom. The van der Waals surface area contributed by atoms with Crippen molar-refractivity contribution in [2.24, 2.45) is 0 Å². The Hall–Kier alpha value is -3.04. The highest BCUT2D eigenvalue weighted by Crippen LogP contribution is 2.39. The Balaban J connectivity index is 2.25. The molecule has 2 heterocycles. The Morgan fingerprint density at radius 3 is 2.48 bits per heavy atom. The number of fused-ring (bicyclic) bond motifs is 1. The Labute approximate surface area is 137 Å². The van der Waals surface area contributed by atoms with Gasteiger partial charge in [0.1, 0.15) is 11.4 Å². The van der Waals surface area contributed by atoms with Crippen molar-refractivity contribution in [1.29, 1.82) is 0 Å². The number of rotatable bonds is 3. The van der Waals surface area contributed by atoms with E-state index >= 15 is 0 Å². The third kappa shape index (κ3) is 3.28. The van der Waals surface area contributed by atoms with Crippen LogP contribution in [0.4, 0.5) is 27.8 Å². The molecule has 2 aromatic heterocycles. The average molecular weight is 356 g/mol. The van der Waals surface area contributed by atoms with E-state index in [0.29, 0.717) is 16.8 Å². The smallest absolute Gasteiger partial charge is 0.416 e. The van der Waals surface area contributed by atoms with Crippen molar-refractivity contribution < 1.29 is 26.7 Å². The molecule has 0 radical (unpaired) electrons. The van der Waals surface area contributed by atoms with Crippen molar-refractivity contribution in [2.45, 2.75) is 12.8 Å². The van der Waals surface area contributed by atoms with Crippen LogP contribution < -0.4 is 10.5 Å². The average Bonchev–Trinajstić information content (AvgIpc) is 2.54. The molecule has 0 amide bonds. The summed E-state index contributed by atoms with van der Waals surface area (Å²) < 4.78 is 68.1. The number of halogens is 5. The van der Waals surface area contributed by atoms with E-state index in [1.165, 1.54) is 18.5 Å². The number of nitrogens with two attached hydrogens (primary N) is 1. The van der Waals surface area contributed by atoms with Crippen LogP contribution in [0.2, 0.25) is 0 Å². The monoisotopic (exact) mass is 356 g/mol. The summed E-state index contributed by atoms with van der Waals surface area (Å²) in [4.78, 5) is 3.88. The van der Waals surface area contributed by atoms with Crippen LogP contribution in [-0.4, -0.2) is 21.8 Å². The normalized spacial score (nSPS) is 11.9. The van der Waals surface area contributed by atoms with Crippen molar-refractivity contribution in [1.82, 2.24) is 15.2 Å². The predicted octanol–water partition coefficient (Wildman–Crippen LogP) is 3.89. The number of ether oxygens (including phenoxy) is 1. The highest BCUT2D eigenvalue weighted by Gasteiger charge is 2.32. The summed E-state index contributed by atoms with van der Waals surface area (Å²) >= 11 is 0. The van der Waals surface area contributed by atoms with Gasteiger partial charge in [-0.3, -0.25) is 4.98 Å². The number of nitrogens with zero attached hydrogens (tertiary/aromatic N) is 3. The van der Waals surface area contributed by atoms with Crippen LogP contribution in [0.3, 0.4) is 0 Å². The number of anilines is 1. The van der Waals surface area contributed by atoms with Crippen molar-refractivity contribution in [3.05, 3.63) is 42.2 Å². The van der Waals surface area contributed by atoms with E-state index in [2.05, 4.69) is 19.9 Å². The second-order valence-electron chi connectivity index (χ2n) is 4.94. The minimum atomic E-state index is -4.71. The van der Waals surface area contributed by atoms with E-state index in [9.17, 15) is 22.0 Å². The van der Waals surface area contributed by atoms with Gasteiger partial charge in [0, 0.05) is 28.7 Å². The molecule has 2 N–H and O–H groups in total. The van der Waals surface area contributed by atoms with Gasteiger partial charge in [-0.05, 0) is 24.3 Å². The first-order valence-electron chi connectivity index (χ1n) is 6.79. The van der Waals surface area contributed by atoms with E-state index in [4.69, 9.17) is 5.73 Å². The quantitative estimate of drug-likeness (QED) is 0.721. The van der Waals surface area contributed by atoms with E-state index in [-0.39, 0.29) is 17.1 Å². The first-order valence-corrected chi connectivity index (χ1v) is 6.79. The molecule has 25 heavy (non-hydrogen) atoms. The van der Waals surface area contributed by atoms with Crippen LogP contribution in [0.5, 0.6) is 5.75 Å².